The Morgan fingerprint density at radius 2 is 1.89 bits per heavy atom. The maximum Gasteiger partial charge on any atom is 0.0233 e. The fourth-order valence-corrected chi connectivity index (χ4v) is 3.09. The molecule has 0 aromatic heterocycles. The van der Waals surface area contributed by atoms with E-state index in [-0.39, 0.29) is 0 Å². The molecule has 1 heterocycles. The fraction of sp³-hybridized carbons (Fsp3) is 0.625. The molecular weight excluding hydrogens is 300 g/mol. The van der Waals surface area contributed by atoms with Gasteiger partial charge in [-0.25, -0.2) is 0 Å². The normalized spacial score (nSPS) is 19.5. The summed E-state index contributed by atoms with van der Waals surface area (Å²) in [7, 11) is 0. The Kier molecular flexibility index (Phi) is 5.86. The Morgan fingerprint density at radius 3 is 2.47 bits per heavy atom. The number of hydrogen-bond donors (Lipinski definition) is 1. The molecule has 0 amide bonds. The van der Waals surface area contributed by atoms with Gasteiger partial charge in [0, 0.05) is 17.1 Å². The van der Waals surface area contributed by atoms with Crippen molar-refractivity contribution in [2.24, 2.45) is 11.7 Å². The van der Waals surface area contributed by atoms with Gasteiger partial charge in [0.1, 0.15) is 0 Å². The minimum atomic E-state index is 0.406. The van der Waals surface area contributed by atoms with Crippen molar-refractivity contribution in [2.75, 3.05) is 13.1 Å². The lowest BCUT2D eigenvalue weighted by Gasteiger charge is -2.33. The minimum absolute atomic E-state index is 0.406. The third-order valence-corrected chi connectivity index (χ3v) is 4.72. The van der Waals surface area contributed by atoms with Gasteiger partial charge in [0.2, 0.25) is 0 Å². The highest BCUT2D eigenvalue weighted by molar-refractivity contribution is 9.10. The highest BCUT2D eigenvalue weighted by Gasteiger charge is 2.20. The van der Waals surface area contributed by atoms with Gasteiger partial charge in [0.25, 0.3) is 0 Å². The van der Waals surface area contributed by atoms with E-state index in [0.717, 1.165) is 23.4 Å². The van der Waals surface area contributed by atoms with Crippen LogP contribution < -0.4 is 5.73 Å². The van der Waals surface area contributed by atoms with E-state index in [0.29, 0.717) is 6.04 Å². The van der Waals surface area contributed by atoms with Crippen molar-refractivity contribution < 1.29 is 0 Å². The van der Waals surface area contributed by atoms with Gasteiger partial charge in [-0.15, -0.1) is 0 Å². The molecule has 3 heteroatoms. The van der Waals surface area contributed by atoms with Gasteiger partial charge in [-0.05, 0) is 62.4 Å². The Labute approximate surface area is 125 Å². The van der Waals surface area contributed by atoms with Crippen molar-refractivity contribution in [2.45, 2.75) is 45.2 Å². The third kappa shape index (κ3) is 4.90. The average molecular weight is 325 g/mol. The topological polar surface area (TPSA) is 29.3 Å². The van der Waals surface area contributed by atoms with Crippen LogP contribution in [0, 0.1) is 5.92 Å². The predicted octanol–water partition coefficient (Wildman–Crippen LogP) is 3.79. The van der Waals surface area contributed by atoms with Gasteiger partial charge in [-0.1, -0.05) is 35.0 Å². The van der Waals surface area contributed by atoms with Gasteiger partial charge in [0.05, 0.1) is 0 Å². The molecule has 19 heavy (non-hydrogen) atoms. The molecular formula is C16H25BrN2. The van der Waals surface area contributed by atoms with Crippen LogP contribution in [0.3, 0.4) is 0 Å². The highest BCUT2D eigenvalue weighted by Crippen LogP contribution is 2.23. The number of rotatable bonds is 5. The summed E-state index contributed by atoms with van der Waals surface area (Å²) in [6, 6.07) is 9.08. The second-order valence-corrected chi connectivity index (χ2v) is 6.67. The van der Waals surface area contributed by atoms with Gasteiger partial charge >= 0.3 is 0 Å². The first-order chi connectivity index (χ1) is 9.17. The molecule has 2 N–H and O–H groups in total. The second-order valence-electron chi connectivity index (χ2n) is 5.75. The molecule has 1 atom stereocenters. The molecule has 0 bridgehead atoms. The number of hydrogen-bond acceptors (Lipinski definition) is 2. The molecule has 1 aromatic rings. The van der Waals surface area contributed by atoms with Crippen LogP contribution in [0.25, 0.3) is 0 Å². The zero-order valence-corrected chi connectivity index (χ0v) is 13.4. The molecule has 0 saturated carbocycles. The summed E-state index contributed by atoms with van der Waals surface area (Å²) >= 11 is 3.48. The van der Waals surface area contributed by atoms with E-state index in [1.54, 1.807) is 0 Å². The van der Waals surface area contributed by atoms with Crippen LogP contribution in [0.1, 0.15) is 38.2 Å². The van der Waals surface area contributed by atoms with Crippen LogP contribution in [0.2, 0.25) is 0 Å². The molecule has 106 valence electrons. The molecule has 0 radical (unpaired) electrons. The molecule has 1 aliphatic rings. The number of piperidine rings is 1. The van der Waals surface area contributed by atoms with Crippen molar-refractivity contribution >= 4 is 15.9 Å². The summed E-state index contributed by atoms with van der Waals surface area (Å²) in [4.78, 5) is 2.57. The quantitative estimate of drug-likeness (QED) is 0.892. The summed E-state index contributed by atoms with van der Waals surface area (Å²) in [6.07, 6.45) is 4.94. The summed E-state index contributed by atoms with van der Waals surface area (Å²) in [6.45, 7) is 5.71. The first-order valence-corrected chi connectivity index (χ1v) is 8.19. The smallest absolute Gasteiger partial charge is 0.0233 e. The number of nitrogens with two attached hydrogens (primary N) is 1. The van der Waals surface area contributed by atoms with Crippen molar-refractivity contribution in [3.63, 3.8) is 0 Å². The molecule has 2 nitrogen and oxygen atoms in total. The average Bonchev–Trinajstić information content (AvgIpc) is 2.43. The van der Waals surface area contributed by atoms with Crippen LogP contribution in [0.4, 0.5) is 0 Å². The van der Waals surface area contributed by atoms with Crippen molar-refractivity contribution in [1.82, 2.24) is 4.90 Å². The second kappa shape index (κ2) is 7.41. The SMILES string of the molecule is CCC(N)CC1CCN(Cc2ccc(Br)cc2)CC1. The van der Waals surface area contributed by atoms with Gasteiger partial charge < -0.3 is 5.73 Å². The first kappa shape index (κ1) is 15.0. The van der Waals surface area contributed by atoms with Gasteiger partial charge in [-0.3, -0.25) is 4.90 Å². The molecule has 1 fully saturated rings. The number of nitrogens with zero attached hydrogens (tertiary/aromatic N) is 1. The number of halogens is 1. The zero-order valence-electron chi connectivity index (χ0n) is 11.8. The van der Waals surface area contributed by atoms with Crippen LogP contribution in [-0.2, 0) is 6.54 Å². The molecule has 0 aliphatic carbocycles. The third-order valence-electron chi connectivity index (χ3n) is 4.19. The maximum absolute atomic E-state index is 6.06. The molecule has 1 aliphatic heterocycles. The molecule has 1 saturated heterocycles. The standard InChI is InChI=1S/C16H25BrN2/c1-2-16(18)11-13-7-9-19(10-8-13)12-14-3-5-15(17)6-4-14/h3-6,13,16H,2,7-12,18H2,1H3. The first-order valence-electron chi connectivity index (χ1n) is 7.39. The van der Waals surface area contributed by atoms with E-state index < -0.39 is 0 Å². The van der Waals surface area contributed by atoms with E-state index in [1.807, 2.05) is 0 Å². The monoisotopic (exact) mass is 324 g/mol. The number of benzene rings is 1. The van der Waals surface area contributed by atoms with Gasteiger partial charge in [0.15, 0.2) is 0 Å². The largest absolute Gasteiger partial charge is 0.328 e. The molecule has 2 rings (SSSR count). The maximum atomic E-state index is 6.06. The van der Waals surface area contributed by atoms with E-state index in [9.17, 15) is 0 Å². The lowest BCUT2D eigenvalue weighted by atomic mass is 9.89. The Morgan fingerprint density at radius 1 is 1.26 bits per heavy atom. The van der Waals surface area contributed by atoms with E-state index in [4.69, 9.17) is 5.73 Å². The van der Waals surface area contributed by atoms with Crippen LogP contribution in [0.15, 0.2) is 28.7 Å². The fourth-order valence-electron chi connectivity index (χ4n) is 2.82. The van der Waals surface area contributed by atoms with Gasteiger partial charge in [-0.2, -0.15) is 0 Å². The zero-order chi connectivity index (χ0) is 13.7. The van der Waals surface area contributed by atoms with Crippen LogP contribution in [0.5, 0.6) is 0 Å². The minimum Gasteiger partial charge on any atom is -0.328 e. The van der Waals surface area contributed by atoms with Crippen molar-refractivity contribution in [3.05, 3.63) is 34.3 Å². The summed E-state index contributed by atoms with van der Waals surface area (Å²) in [5, 5.41) is 0. The summed E-state index contributed by atoms with van der Waals surface area (Å²) in [5.41, 5.74) is 7.47. The van der Waals surface area contributed by atoms with E-state index in [2.05, 4.69) is 52.0 Å². The van der Waals surface area contributed by atoms with E-state index in [1.165, 1.54) is 37.9 Å². The molecule has 1 aromatic carbocycles. The Bertz CT molecular complexity index is 369. The van der Waals surface area contributed by atoms with Crippen molar-refractivity contribution in [3.8, 4) is 0 Å². The number of likely N-dealkylation sites (tertiary alicyclic amines) is 1. The van der Waals surface area contributed by atoms with E-state index >= 15 is 0 Å². The lowest BCUT2D eigenvalue weighted by Crippen LogP contribution is -2.35. The Hall–Kier alpha value is -0.380. The molecule has 1 unspecified atom stereocenters. The Balaban J connectivity index is 1.75. The lowest BCUT2D eigenvalue weighted by molar-refractivity contribution is 0.167. The summed E-state index contributed by atoms with van der Waals surface area (Å²) < 4.78 is 1.16. The van der Waals surface area contributed by atoms with Crippen LogP contribution in [-0.4, -0.2) is 24.0 Å². The molecule has 0 spiro atoms. The highest BCUT2D eigenvalue weighted by atomic mass is 79.9. The summed E-state index contributed by atoms with van der Waals surface area (Å²) in [5.74, 6) is 0.844. The predicted molar refractivity (Wildman–Crippen MR) is 85.0 cm³/mol. The van der Waals surface area contributed by atoms with Crippen LogP contribution >= 0.6 is 15.9 Å². The van der Waals surface area contributed by atoms with Crippen molar-refractivity contribution in [1.29, 1.82) is 0 Å².